The molecule has 0 spiro atoms. The van der Waals surface area contributed by atoms with Gasteiger partial charge in [-0.05, 0) is 52.5 Å². The molecule has 0 radical (unpaired) electrons. The molecule has 58 heavy (non-hydrogen) atoms. The number of allylic oxidation sites excluding steroid dienone is 1. The minimum Gasteiger partial charge on any atom is -0.339 e. The molecule has 0 bridgehead atoms. The first kappa shape index (κ1) is 59.3. The molecule has 0 saturated heterocycles. The number of aliphatic imine (C=N–C) groups is 1. The first-order valence-electron chi connectivity index (χ1n) is 22.1. The molecule has 0 N–H and O–H groups in total. The van der Waals surface area contributed by atoms with Gasteiger partial charge in [-0.2, -0.15) is 4.98 Å². The standard InChI is InChI=1S/C12H21N.2C11H20N2.C10H18N2O.3C2H6/c1-11(2,3)9-7-10(13-8-9)12(4,5)6;2*1-10(2,3)9-7-13(8-12-9)11(4,5)6;1-9(2,3)7-11-8(13-12-7)10(4,5)6;3*1-2/h8H,7H2,1-6H3;2*7-8H,1-6H3;1-6H3;3*1-2H3. The van der Waals surface area contributed by atoms with E-state index in [4.69, 9.17) is 4.52 Å². The SMILES string of the molecule is CC.CC.CC.CC(C)(C)C1=CN=C(C(C)(C)C)C1.CC(C)(C)c1cn(C(C)(C)C)cn1.CC(C)(C)c1cn(C(C)(C)C)cn1.CC(C)(C)c1noc(C(C)(C)C)n1. The van der Waals surface area contributed by atoms with E-state index >= 15 is 0 Å². The van der Waals surface area contributed by atoms with Crippen LogP contribution in [-0.4, -0.2) is 35.0 Å². The summed E-state index contributed by atoms with van der Waals surface area (Å²) in [5, 5.41) is 3.97. The topological polar surface area (TPSA) is 86.9 Å². The van der Waals surface area contributed by atoms with E-state index in [1.807, 2.05) is 54.2 Å². The monoisotopic (exact) mass is 812 g/mol. The highest BCUT2D eigenvalue weighted by Crippen LogP contribution is 2.35. The van der Waals surface area contributed by atoms with Crippen molar-refractivity contribution in [1.29, 1.82) is 0 Å². The van der Waals surface area contributed by atoms with E-state index in [9.17, 15) is 0 Å². The molecule has 0 aliphatic carbocycles. The molecule has 3 aromatic heterocycles. The van der Waals surface area contributed by atoms with Gasteiger partial charge in [0.1, 0.15) is 0 Å². The second-order valence-electron chi connectivity index (χ2n) is 22.5. The van der Waals surface area contributed by atoms with E-state index in [1.54, 1.807) is 0 Å². The van der Waals surface area contributed by atoms with Crippen molar-refractivity contribution in [3.63, 3.8) is 0 Å². The lowest BCUT2D eigenvalue weighted by molar-refractivity contribution is 0.314. The van der Waals surface area contributed by atoms with Crippen LogP contribution in [0.4, 0.5) is 0 Å². The Hall–Kier alpha value is -3.03. The van der Waals surface area contributed by atoms with Crippen LogP contribution in [0.1, 0.15) is 237 Å². The fourth-order valence-electron chi connectivity index (χ4n) is 4.33. The van der Waals surface area contributed by atoms with Crippen molar-refractivity contribution in [3.8, 4) is 0 Å². The Morgan fingerprint density at radius 3 is 0.983 bits per heavy atom. The van der Waals surface area contributed by atoms with Gasteiger partial charge >= 0.3 is 0 Å². The first-order valence-corrected chi connectivity index (χ1v) is 22.1. The Labute approximate surface area is 361 Å². The molecular weight excluding hydrogens is 715 g/mol. The molecule has 0 aromatic carbocycles. The minimum atomic E-state index is -0.0590. The van der Waals surface area contributed by atoms with Gasteiger partial charge in [0, 0.05) is 68.9 Å². The summed E-state index contributed by atoms with van der Waals surface area (Å²) in [7, 11) is 0. The summed E-state index contributed by atoms with van der Waals surface area (Å²) in [6, 6.07) is 0. The Morgan fingerprint density at radius 2 is 0.828 bits per heavy atom. The van der Waals surface area contributed by atoms with Gasteiger partial charge in [0.05, 0.1) is 24.0 Å². The maximum Gasteiger partial charge on any atom is 0.232 e. The van der Waals surface area contributed by atoms with E-state index in [0.29, 0.717) is 5.89 Å². The van der Waals surface area contributed by atoms with Crippen molar-refractivity contribution in [2.24, 2.45) is 15.8 Å². The summed E-state index contributed by atoms with van der Waals surface area (Å²) < 4.78 is 9.52. The zero-order valence-corrected chi connectivity index (χ0v) is 44.1. The Bertz CT molecular complexity index is 1340. The zero-order chi connectivity index (χ0) is 47.1. The summed E-state index contributed by atoms with van der Waals surface area (Å²) in [5.41, 5.74) is 6.06. The molecule has 4 rings (SSSR count). The molecule has 1 aliphatic heterocycles. The molecule has 0 atom stereocenters. The third kappa shape index (κ3) is 21.8. The lowest BCUT2D eigenvalue weighted by Gasteiger charge is -2.23. The molecule has 0 saturated carbocycles. The van der Waals surface area contributed by atoms with Crippen molar-refractivity contribution in [3.05, 3.63) is 59.9 Å². The van der Waals surface area contributed by atoms with Crippen LogP contribution in [0.25, 0.3) is 0 Å². The smallest absolute Gasteiger partial charge is 0.232 e. The molecule has 8 nitrogen and oxygen atoms in total. The highest BCUT2D eigenvalue weighted by Gasteiger charge is 2.29. The van der Waals surface area contributed by atoms with Crippen LogP contribution in [0, 0.1) is 10.8 Å². The largest absolute Gasteiger partial charge is 0.339 e. The van der Waals surface area contributed by atoms with Crippen LogP contribution >= 0.6 is 0 Å². The van der Waals surface area contributed by atoms with E-state index in [0.717, 1.165) is 23.6 Å². The number of hydrogen-bond acceptors (Lipinski definition) is 6. The Balaban J connectivity index is -0.000000665. The van der Waals surface area contributed by atoms with Crippen molar-refractivity contribution in [1.82, 2.24) is 29.2 Å². The number of nitrogens with zero attached hydrogens (tertiary/aromatic N) is 7. The summed E-state index contributed by atoms with van der Waals surface area (Å²) in [5.74, 6) is 1.48. The maximum absolute atomic E-state index is 5.19. The van der Waals surface area contributed by atoms with E-state index in [-0.39, 0.29) is 43.6 Å². The number of hydrogen-bond donors (Lipinski definition) is 0. The molecule has 0 fully saturated rings. The van der Waals surface area contributed by atoms with Gasteiger partial charge in [0.15, 0.2) is 5.82 Å². The van der Waals surface area contributed by atoms with Crippen LogP contribution in [0.5, 0.6) is 0 Å². The van der Waals surface area contributed by atoms with Gasteiger partial charge in [0.25, 0.3) is 0 Å². The van der Waals surface area contributed by atoms with Gasteiger partial charge in [-0.15, -0.1) is 0 Å². The van der Waals surface area contributed by atoms with E-state index < -0.39 is 0 Å². The molecule has 0 amide bonds. The number of rotatable bonds is 0. The maximum atomic E-state index is 5.19. The third-order valence-electron chi connectivity index (χ3n) is 8.55. The fraction of sp³-hybridized carbons (Fsp3) is 0.780. The lowest BCUT2D eigenvalue weighted by Crippen LogP contribution is -2.20. The number of imidazole rings is 2. The van der Waals surface area contributed by atoms with Crippen LogP contribution in [0.15, 0.2) is 46.3 Å². The first-order chi connectivity index (χ1) is 25.8. The molecule has 4 heterocycles. The predicted molar refractivity (Wildman–Crippen MR) is 257 cm³/mol. The highest BCUT2D eigenvalue weighted by atomic mass is 16.5. The summed E-state index contributed by atoms with van der Waals surface area (Å²) in [6.07, 6.45) is 11.2. The second kappa shape index (κ2) is 23.1. The Kier molecular flexibility index (Phi) is 23.6. The molecular formula is C50H97N7O. The lowest BCUT2D eigenvalue weighted by atomic mass is 9.80. The second-order valence-corrected chi connectivity index (χ2v) is 22.5. The third-order valence-corrected chi connectivity index (χ3v) is 8.55. The number of aromatic nitrogens is 6. The summed E-state index contributed by atoms with van der Waals surface area (Å²) in [4.78, 5) is 17.7. The predicted octanol–water partition coefficient (Wildman–Crippen LogP) is 15.4. The molecule has 8 heteroatoms. The van der Waals surface area contributed by atoms with E-state index in [1.165, 1.54) is 11.3 Å². The van der Waals surface area contributed by atoms with Gasteiger partial charge in [-0.3, -0.25) is 4.99 Å². The molecule has 1 aliphatic rings. The van der Waals surface area contributed by atoms with Gasteiger partial charge in [-0.25, -0.2) is 9.97 Å². The zero-order valence-electron chi connectivity index (χ0n) is 44.1. The Morgan fingerprint density at radius 1 is 0.466 bits per heavy atom. The molecule has 0 unspecified atom stereocenters. The molecule has 338 valence electrons. The van der Waals surface area contributed by atoms with Crippen LogP contribution in [0.3, 0.4) is 0 Å². The van der Waals surface area contributed by atoms with E-state index in [2.05, 4.69) is 219 Å². The average molecular weight is 812 g/mol. The minimum absolute atomic E-state index is 0.0347. The van der Waals surface area contributed by atoms with Gasteiger partial charge in [0.2, 0.25) is 5.89 Å². The normalized spacial score (nSPS) is 13.5. The van der Waals surface area contributed by atoms with Gasteiger partial charge < -0.3 is 13.7 Å². The van der Waals surface area contributed by atoms with Crippen molar-refractivity contribution in [2.75, 3.05) is 0 Å². The average Bonchev–Trinajstić information content (AvgIpc) is 3.87. The molecule has 3 aromatic rings. The van der Waals surface area contributed by atoms with Crippen molar-refractivity contribution >= 4 is 5.71 Å². The fourth-order valence-corrected chi connectivity index (χ4v) is 4.33. The summed E-state index contributed by atoms with van der Waals surface area (Å²) >= 11 is 0. The quantitative estimate of drug-likeness (QED) is 0.226. The van der Waals surface area contributed by atoms with Crippen LogP contribution in [-0.2, 0) is 32.7 Å². The van der Waals surface area contributed by atoms with Crippen molar-refractivity contribution in [2.45, 2.75) is 247 Å². The highest BCUT2D eigenvalue weighted by molar-refractivity contribution is 5.93. The van der Waals surface area contributed by atoms with Crippen LogP contribution < -0.4 is 0 Å². The van der Waals surface area contributed by atoms with Crippen LogP contribution in [0.2, 0.25) is 0 Å². The summed E-state index contributed by atoms with van der Waals surface area (Å²) in [6.45, 7) is 64.0. The van der Waals surface area contributed by atoms with Gasteiger partial charge in [-0.1, -0.05) is 171 Å². The van der Waals surface area contributed by atoms with Crippen molar-refractivity contribution < 1.29 is 4.52 Å².